The number of benzene rings is 2. The number of carbonyl (C=O) groups is 1. The number of isocyanates is 1. The van der Waals surface area contributed by atoms with Gasteiger partial charge in [0.1, 0.15) is 17.9 Å². The average molecular weight is 385 g/mol. The fourth-order valence-electron chi connectivity index (χ4n) is 2.34. The molecule has 3 rings (SSSR count). The standard InChI is InChI=1S/C18H15N3O5S/c22-12-19-21(17-11-13-3-1-2-4-16(13)26-17)9-10-25-14-5-7-15(8-6-14)27-18(23)20-24/h1-8,11,24H,9-10H2,(H,20,23). The van der Waals surface area contributed by atoms with Crippen molar-refractivity contribution in [1.29, 1.82) is 0 Å². The van der Waals surface area contributed by atoms with E-state index in [-0.39, 0.29) is 13.2 Å². The quantitative estimate of drug-likeness (QED) is 0.210. The summed E-state index contributed by atoms with van der Waals surface area (Å²) in [5.41, 5.74) is 2.24. The van der Waals surface area contributed by atoms with E-state index in [1.807, 2.05) is 24.3 Å². The summed E-state index contributed by atoms with van der Waals surface area (Å²) in [6.07, 6.45) is 1.51. The molecule has 0 saturated carbocycles. The summed E-state index contributed by atoms with van der Waals surface area (Å²) in [6, 6.07) is 16.0. The number of hydroxylamine groups is 1. The van der Waals surface area contributed by atoms with Gasteiger partial charge in [0.25, 0.3) is 6.08 Å². The maximum absolute atomic E-state index is 11.1. The Bertz CT molecular complexity index is 934. The number of amides is 1. The molecule has 138 valence electrons. The molecule has 3 aromatic rings. The number of fused-ring (bicyclic) bond motifs is 1. The van der Waals surface area contributed by atoms with Crippen molar-refractivity contribution < 1.29 is 24.0 Å². The highest BCUT2D eigenvalue weighted by Gasteiger charge is 2.12. The Kier molecular flexibility index (Phi) is 6.11. The van der Waals surface area contributed by atoms with E-state index in [1.54, 1.807) is 35.8 Å². The lowest BCUT2D eigenvalue weighted by molar-refractivity contribution is 0.180. The van der Waals surface area contributed by atoms with Crippen molar-refractivity contribution >= 4 is 39.9 Å². The molecule has 0 atom stereocenters. The molecule has 0 radical (unpaired) electrons. The molecule has 8 nitrogen and oxygen atoms in total. The normalized spacial score (nSPS) is 10.3. The predicted molar refractivity (Wildman–Crippen MR) is 99.8 cm³/mol. The number of nitrogens with one attached hydrogen (secondary N) is 1. The monoisotopic (exact) mass is 385 g/mol. The number of hydrazone groups is 1. The molecule has 0 unspecified atom stereocenters. The van der Waals surface area contributed by atoms with Gasteiger partial charge in [0, 0.05) is 16.3 Å². The van der Waals surface area contributed by atoms with Gasteiger partial charge in [-0.25, -0.2) is 15.3 Å². The van der Waals surface area contributed by atoms with Crippen molar-refractivity contribution in [2.75, 3.05) is 18.2 Å². The van der Waals surface area contributed by atoms with Crippen LogP contribution in [0.15, 0.2) is 69.0 Å². The van der Waals surface area contributed by atoms with Crippen LogP contribution in [0.25, 0.3) is 11.0 Å². The van der Waals surface area contributed by atoms with E-state index < -0.39 is 5.24 Å². The fourth-order valence-corrected chi connectivity index (χ4v) is 2.87. The van der Waals surface area contributed by atoms with Gasteiger partial charge in [-0.1, -0.05) is 23.3 Å². The van der Waals surface area contributed by atoms with Gasteiger partial charge in [-0.05, 0) is 42.1 Å². The van der Waals surface area contributed by atoms with Crippen LogP contribution >= 0.6 is 11.8 Å². The number of hydrogen-bond donors (Lipinski definition) is 2. The lowest BCUT2D eigenvalue weighted by atomic mass is 10.3. The van der Waals surface area contributed by atoms with Gasteiger partial charge >= 0.3 is 5.24 Å². The number of furan rings is 1. The SMILES string of the molecule is O=C=NN(CCOc1ccc(SC(=O)NO)cc1)c1cc2ccccc2o1. The van der Waals surface area contributed by atoms with Crippen molar-refractivity contribution in [2.24, 2.45) is 5.10 Å². The lowest BCUT2D eigenvalue weighted by Crippen LogP contribution is -2.22. The Balaban J connectivity index is 1.60. The molecule has 0 bridgehead atoms. The molecule has 0 aliphatic carbocycles. The average Bonchev–Trinajstić information content (AvgIpc) is 3.12. The Hall–Kier alpha value is -3.26. The highest BCUT2D eigenvalue weighted by molar-refractivity contribution is 8.13. The second-order valence-corrected chi connectivity index (χ2v) is 6.30. The van der Waals surface area contributed by atoms with Crippen molar-refractivity contribution in [3.63, 3.8) is 0 Å². The van der Waals surface area contributed by atoms with Gasteiger partial charge in [-0.2, -0.15) is 0 Å². The number of para-hydroxylation sites is 1. The van der Waals surface area contributed by atoms with Gasteiger partial charge in [-0.15, -0.1) is 0 Å². The summed E-state index contributed by atoms with van der Waals surface area (Å²) in [7, 11) is 0. The van der Waals surface area contributed by atoms with Crippen molar-refractivity contribution in [3.8, 4) is 5.75 Å². The van der Waals surface area contributed by atoms with E-state index in [0.717, 1.165) is 17.1 Å². The number of rotatable bonds is 7. The van der Waals surface area contributed by atoms with Gasteiger partial charge in [0.2, 0.25) is 5.88 Å². The zero-order valence-corrected chi connectivity index (χ0v) is 14.8. The molecule has 1 heterocycles. The minimum absolute atomic E-state index is 0.242. The zero-order chi connectivity index (χ0) is 19.1. The van der Waals surface area contributed by atoms with Crippen LogP contribution in [0, 0.1) is 0 Å². The van der Waals surface area contributed by atoms with Crippen LogP contribution in [0.2, 0.25) is 0 Å². The summed E-state index contributed by atoms with van der Waals surface area (Å²) in [6.45, 7) is 0.518. The molecule has 1 amide bonds. The van der Waals surface area contributed by atoms with E-state index in [1.165, 1.54) is 11.1 Å². The lowest BCUT2D eigenvalue weighted by Gasteiger charge is -2.14. The first-order valence-electron chi connectivity index (χ1n) is 7.88. The summed E-state index contributed by atoms with van der Waals surface area (Å²) in [4.78, 5) is 22.5. The first-order chi connectivity index (χ1) is 13.2. The smallest absolute Gasteiger partial charge is 0.307 e. The number of nitrogens with zero attached hydrogens (tertiary/aromatic N) is 2. The minimum Gasteiger partial charge on any atom is -0.492 e. The molecule has 2 N–H and O–H groups in total. The van der Waals surface area contributed by atoms with Crippen molar-refractivity contribution in [2.45, 2.75) is 4.90 Å². The topological polar surface area (TPSA) is 104 Å². The number of ether oxygens (including phenoxy) is 1. The van der Waals surface area contributed by atoms with Crippen LogP contribution in [-0.4, -0.2) is 29.7 Å². The number of anilines is 1. The highest BCUT2D eigenvalue weighted by atomic mass is 32.2. The van der Waals surface area contributed by atoms with Crippen molar-refractivity contribution in [1.82, 2.24) is 5.48 Å². The van der Waals surface area contributed by atoms with Crippen LogP contribution in [0.4, 0.5) is 10.7 Å². The Morgan fingerprint density at radius 1 is 1.26 bits per heavy atom. The molecule has 27 heavy (non-hydrogen) atoms. The highest BCUT2D eigenvalue weighted by Crippen LogP contribution is 2.26. The largest absolute Gasteiger partial charge is 0.492 e. The number of hydrogen-bond acceptors (Lipinski definition) is 8. The summed E-state index contributed by atoms with van der Waals surface area (Å²) >= 11 is 0.853. The first kappa shape index (κ1) is 18.5. The Morgan fingerprint density at radius 2 is 2.04 bits per heavy atom. The third-order valence-electron chi connectivity index (χ3n) is 3.53. The van der Waals surface area contributed by atoms with E-state index in [0.29, 0.717) is 22.1 Å². The van der Waals surface area contributed by atoms with Crippen molar-refractivity contribution in [3.05, 3.63) is 54.6 Å². The summed E-state index contributed by atoms with van der Waals surface area (Å²) < 4.78 is 11.3. The maximum atomic E-state index is 11.1. The Morgan fingerprint density at radius 3 is 2.74 bits per heavy atom. The van der Waals surface area contributed by atoms with E-state index in [9.17, 15) is 9.59 Å². The minimum atomic E-state index is -0.572. The molecule has 0 aliphatic rings. The van der Waals surface area contributed by atoms with Gasteiger partial charge in [0.05, 0.1) is 6.54 Å². The second kappa shape index (κ2) is 8.91. The number of thioether (sulfide) groups is 1. The summed E-state index contributed by atoms with van der Waals surface area (Å²) in [5.74, 6) is 1.01. The third-order valence-corrected chi connectivity index (χ3v) is 4.31. The van der Waals surface area contributed by atoms with Gasteiger partial charge in [-0.3, -0.25) is 10.0 Å². The molecule has 0 fully saturated rings. The predicted octanol–water partition coefficient (Wildman–Crippen LogP) is 3.76. The second-order valence-electron chi connectivity index (χ2n) is 5.26. The van der Waals surface area contributed by atoms with Crippen LogP contribution in [-0.2, 0) is 4.79 Å². The molecule has 0 aliphatic heterocycles. The molecule has 2 aromatic carbocycles. The molecular formula is C18H15N3O5S. The molecule has 0 saturated heterocycles. The molecule has 1 aromatic heterocycles. The zero-order valence-electron chi connectivity index (χ0n) is 14.0. The fraction of sp³-hybridized carbons (Fsp3) is 0.111. The Labute approximate surface area is 158 Å². The van der Waals surface area contributed by atoms with Gasteiger partial charge < -0.3 is 9.15 Å². The summed E-state index contributed by atoms with van der Waals surface area (Å²) in [5, 5.41) is 13.9. The third kappa shape index (κ3) is 4.89. The van der Waals surface area contributed by atoms with E-state index in [4.69, 9.17) is 14.4 Å². The molecule has 9 heteroatoms. The number of carbonyl (C=O) groups excluding carboxylic acids is 2. The molecular weight excluding hydrogens is 370 g/mol. The van der Waals surface area contributed by atoms with Crippen LogP contribution in [0.5, 0.6) is 5.75 Å². The van der Waals surface area contributed by atoms with E-state index in [2.05, 4.69) is 5.10 Å². The van der Waals surface area contributed by atoms with E-state index >= 15 is 0 Å². The first-order valence-corrected chi connectivity index (χ1v) is 8.70. The van der Waals surface area contributed by atoms with Crippen LogP contribution in [0.3, 0.4) is 0 Å². The maximum Gasteiger partial charge on any atom is 0.307 e. The van der Waals surface area contributed by atoms with Crippen LogP contribution < -0.4 is 15.2 Å². The van der Waals surface area contributed by atoms with Crippen LogP contribution in [0.1, 0.15) is 0 Å². The van der Waals surface area contributed by atoms with Gasteiger partial charge in [0.15, 0.2) is 0 Å². The molecule has 0 spiro atoms.